The molecule has 5 heteroatoms. The highest BCUT2D eigenvalue weighted by Gasteiger charge is 2.19. The molecule has 2 N–H and O–H groups in total. The first-order valence-electron chi connectivity index (χ1n) is 7.04. The van der Waals surface area contributed by atoms with Crippen LogP contribution in [0, 0.1) is 6.92 Å². The highest BCUT2D eigenvalue weighted by molar-refractivity contribution is 5.88. The van der Waals surface area contributed by atoms with Crippen molar-refractivity contribution in [2.75, 3.05) is 6.54 Å². The van der Waals surface area contributed by atoms with Gasteiger partial charge in [0.05, 0.1) is 5.69 Å². The number of carbonyl (C=O) groups is 1. The second-order valence-corrected chi connectivity index (χ2v) is 5.48. The lowest BCUT2D eigenvalue weighted by Gasteiger charge is -2.27. The summed E-state index contributed by atoms with van der Waals surface area (Å²) >= 11 is 0. The fourth-order valence-corrected chi connectivity index (χ4v) is 2.68. The summed E-state index contributed by atoms with van der Waals surface area (Å²) in [6, 6.07) is 8.51. The summed E-state index contributed by atoms with van der Waals surface area (Å²) < 4.78 is 0. The van der Waals surface area contributed by atoms with Crippen molar-refractivity contribution in [1.82, 2.24) is 14.9 Å². The molecule has 1 aromatic heterocycles. The van der Waals surface area contributed by atoms with E-state index in [2.05, 4.69) is 46.1 Å². The van der Waals surface area contributed by atoms with Gasteiger partial charge in [0.25, 0.3) is 5.91 Å². The number of amides is 1. The Balaban J connectivity index is 1.77. The van der Waals surface area contributed by atoms with Crippen LogP contribution in [0.15, 0.2) is 30.5 Å². The number of aromatic nitrogens is 2. The van der Waals surface area contributed by atoms with E-state index in [0.717, 1.165) is 37.3 Å². The molecule has 1 aliphatic heterocycles. The molecule has 0 atom stereocenters. The molecule has 0 saturated heterocycles. The predicted molar refractivity (Wildman–Crippen MR) is 79.5 cm³/mol. The molecule has 108 valence electrons. The monoisotopic (exact) mass is 282 g/mol. The molecule has 0 spiro atoms. The van der Waals surface area contributed by atoms with Crippen LogP contribution in [0.4, 0.5) is 0 Å². The van der Waals surface area contributed by atoms with Crippen LogP contribution >= 0.6 is 0 Å². The Morgan fingerprint density at radius 1 is 1.43 bits per heavy atom. The smallest absolute Gasteiger partial charge is 0.286 e. The van der Waals surface area contributed by atoms with E-state index in [-0.39, 0.29) is 5.82 Å². The Hall–Kier alpha value is -2.27. The van der Waals surface area contributed by atoms with Crippen LogP contribution in [0.3, 0.4) is 0 Å². The number of nitrogens with zero attached hydrogens (tertiary/aromatic N) is 3. The van der Waals surface area contributed by atoms with Gasteiger partial charge in [-0.1, -0.05) is 29.8 Å². The average molecular weight is 282 g/mol. The Morgan fingerprint density at radius 3 is 3.05 bits per heavy atom. The molecule has 21 heavy (non-hydrogen) atoms. The zero-order valence-corrected chi connectivity index (χ0v) is 12.0. The fourth-order valence-electron chi connectivity index (χ4n) is 2.68. The van der Waals surface area contributed by atoms with E-state index in [9.17, 15) is 4.79 Å². The molecular formula is C16H18N4O. The summed E-state index contributed by atoms with van der Waals surface area (Å²) in [5.41, 5.74) is 9.83. The third kappa shape index (κ3) is 3.08. The van der Waals surface area contributed by atoms with Gasteiger partial charge in [0.15, 0.2) is 0 Å². The van der Waals surface area contributed by atoms with E-state index in [1.807, 2.05) is 0 Å². The maximum Gasteiger partial charge on any atom is 0.286 e. The second-order valence-electron chi connectivity index (χ2n) is 5.48. The Kier molecular flexibility index (Phi) is 3.66. The normalized spacial score (nSPS) is 14.7. The molecule has 0 saturated carbocycles. The van der Waals surface area contributed by atoms with Gasteiger partial charge < -0.3 is 5.73 Å². The number of primary amides is 1. The fraction of sp³-hybridized carbons (Fsp3) is 0.312. The van der Waals surface area contributed by atoms with Crippen LogP contribution in [-0.4, -0.2) is 27.3 Å². The first-order valence-corrected chi connectivity index (χ1v) is 7.04. The minimum absolute atomic E-state index is 0.103. The molecule has 1 amide bonds. The van der Waals surface area contributed by atoms with Crippen molar-refractivity contribution in [2.45, 2.75) is 26.4 Å². The van der Waals surface area contributed by atoms with E-state index in [1.165, 1.54) is 11.1 Å². The van der Waals surface area contributed by atoms with Crippen molar-refractivity contribution in [3.63, 3.8) is 0 Å². The van der Waals surface area contributed by atoms with Crippen LogP contribution in [0.5, 0.6) is 0 Å². The first-order chi connectivity index (χ1) is 10.1. The minimum Gasteiger partial charge on any atom is -0.363 e. The summed E-state index contributed by atoms with van der Waals surface area (Å²) in [4.78, 5) is 21.8. The Morgan fingerprint density at radius 2 is 2.29 bits per heavy atom. The zero-order chi connectivity index (χ0) is 14.8. The van der Waals surface area contributed by atoms with E-state index in [0.29, 0.717) is 0 Å². The summed E-state index contributed by atoms with van der Waals surface area (Å²) in [6.07, 6.45) is 2.63. The second kappa shape index (κ2) is 5.61. The minimum atomic E-state index is -0.575. The lowest BCUT2D eigenvalue weighted by molar-refractivity contribution is 0.0989. The highest BCUT2D eigenvalue weighted by atomic mass is 16.1. The van der Waals surface area contributed by atoms with Crippen molar-refractivity contribution in [3.05, 3.63) is 58.7 Å². The molecule has 2 aromatic rings. The van der Waals surface area contributed by atoms with Crippen molar-refractivity contribution in [1.29, 1.82) is 0 Å². The van der Waals surface area contributed by atoms with Crippen LogP contribution < -0.4 is 5.73 Å². The molecule has 0 aliphatic carbocycles. The summed E-state index contributed by atoms with van der Waals surface area (Å²) in [7, 11) is 0. The molecule has 2 heterocycles. The van der Waals surface area contributed by atoms with Crippen LogP contribution in [0.1, 0.15) is 33.0 Å². The third-order valence-corrected chi connectivity index (χ3v) is 3.73. The largest absolute Gasteiger partial charge is 0.363 e. The number of aryl methyl sites for hydroxylation is 1. The molecule has 5 nitrogen and oxygen atoms in total. The molecule has 0 radical (unpaired) electrons. The van der Waals surface area contributed by atoms with Gasteiger partial charge in [0.2, 0.25) is 5.82 Å². The van der Waals surface area contributed by atoms with Crippen LogP contribution in [0.2, 0.25) is 0 Å². The maximum absolute atomic E-state index is 11.2. The molecule has 0 fully saturated rings. The maximum atomic E-state index is 11.2. The molecule has 0 unspecified atom stereocenters. The Labute approximate surface area is 123 Å². The summed E-state index contributed by atoms with van der Waals surface area (Å²) in [5.74, 6) is -0.472. The topological polar surface area (TPSA) is 72.1 Å². The number of rotatable bonds is 3. The first kappa shape index (κ1) is 13.7. The van der Waals surface area contributed by atoms with Gasteiger partial charge >= 0.3 is 0 Å². The number of nitrogens with two attached hydrogens (primary N) is 1. The molecule has 1 aliphatic rings. The number of hydrogen-bond acceptors (Lipinski definition) is 4. The van der Waals surface area contributed by atoms with Gasteiger partial charge in [-0.3, -0.25) is 9.69 Å². The number of fused-ring (bicyclic) bond motifs is 1. The number of benzene rings is 1. The average Bonchev–Trinajstić information content (AvgIpc) is 2.46. The van der Waals surface area contributed by atoms with E-state index >= 15 is 0 Å². The molecule has 3 rings (SSSR count). The predicted octanol–water partition coefficient (Wildman–Crippen LogP) is 1.44. The summed E-state index contributed by atoms with van der Waals surface area (Å²) in [6.45, 7) is 4.69. The van der Waals surface area contributed by atoms with Gasteiger partial charge in [-0.2, -0.15) is 0 Å². The zero-order valence-electron chi connectivity index (χ0n) is 12.0. The molecule has 1 aromatic carbocycles. The highest BCUT2D eigenvalue weighted by Crippen LogP contribution is 2.18. The third-order valence-electron chi connectivity index (χ3n) is 3.73. The quantitative estimate of drug-likeness (QED) is 0.924. The van der Waals surface area contributed by atoms with Crippen LogP contribution in [-0.2, 0) is 19.5 Å². The van der Waals surface area contributed by atoms with Crippen LogP contribution in [0.25, 0.3) is 0 Å². The van der Waals surface area contributed by atoms with Crippen molar-refractivity contribution >= 4 is 5.91 Å². The van der Waals surface area contributed by atoms with E-state index < -0.39 is 5.91 Å². The van der Waals surface area contributed by atoms with Gasteiger partial charge in [-0.15, -0.1) is 0 Å². The molecular weight excluding hydrogens is 264 g/mol. The SMILES string of the molecule is Cc1cccc(CN2CCc3cnc(C(N)=O)nc3C2)c1. The summed E-state index contributed by atoms with van der Waals surface area (Å²) in [5, 5.41) is 0. The standard InChI is InChI=1S/C16H18N4O/c1-11-3-2-4-12(7-11)9-20-6-5-13-8-18-16(15(17)21)19-14(13)10-20/h2-4,7-8H,5-6,9-10H2,1H3,(H2,17,21). The lowest BCUT2D eigenvalue weighted by Crippen LogP contribution is -2.32. The van der Waals surface area contributed by atoms with Gasteiger partial charge in [-0.25, -0.2) is 9.97 Å². The van der Waals surface area contributed by atoms with Gasteiger partial charge in [-0.05, 0) is 24.5 Å². The van der Waals surface area contributed by atoms with Crippen molar-refractivity contribution in [2.24, 2.45) is 5.73 Å². The van der Waals surface area contributed by atoms with Gasteiger partial charge in [0, 0.05) is 25.8 Å². The Bertz CT molecular complexity index is 684. The number of carbonyl (C=O) groups excluding carboxylic acids is 1. The van der Waals surface area contributed by atoms with Gasteiger partial charge in [0.1, 0.15) is 0 Å². The van der Waals surface area contributed by atoms with Crippen molar-refractivity contribution in [3.8, 4) is 0 Å². The van der Waals surface area contributed by atoms with E-state index in [1.54, 1.807) is 6.20 Å². The van der Waals surface area contributed by atoms with Crippen molar-refractivity contribution < 1.29 is 4.79 Å². The molecule has 0 bridgehead atoms. The number of hydrogen-bond donors (Lipinski definition) is 1. The van der Waals surface area contributed by atoms with E-state index in [4.69, 9.17) is 5.73 Å². The lowest BCUT2D eigenvalue weighted by atomic mass is 10.1.